The van der Waals surface area contributed by atoms with Gasteiger partial charge in [0.25, 0.3) is 5.56 Å². The van der Waals surface area contributed by atoms with E-state index in [0.717, 1.165) is 109 Å². The number of fused-ring (bicyclic) bond motifs is 6. The molecule has 10 nitrogen and oxygen atoms in total. The molecule has 0 fully saturated rings. The Morgan fingerprint density at radius 3 is 1.33 bits per heavy atom. The predicted molar refractivity (Wildman–Crippen MR) is 229 cm³/mol. The first-order valence-corrected chi connectivity index (χ1v) is 23.1. The highest BCUT2D eigenvalue weighted by Gasteiger charge is 2.10. The molecule has 0 saturated carbocycles. The van der Waals surface area contributed by atoms with Gasteiger partial charge in [-0.25, -0.2) is 24.7 Å². The van der Waals surface area contributed by atoms with E-state index in [4.69, 9.17) is 9.97 Å². The van der Waals surface area contributed by atoms with Crippen molar-refractivity contribution >= 4 is 35.2 Å². The van der Waals surface area contributed by atoms with Crippen molar-refractivity contribution in [3.63, 3.8) is 0 Å². The topological polar surface area (TPSA) is 120 Å². The van der Waals surface area contributed by atoms with Crippen molar-refractivity contribution in [2.24, 2.45) is 0 Å². The Kier molecular flexibility index (Phi) is 21.2. The highest BCUT2D eigenvalue weighted by molar-refractivity contribution is 7.99. The molecule has 300 valence electrons. The maximum Gasteiger partial charge on any atom is 0.331 e. The van der Waals surface area contributed by atoms with Crippen LogP contribution in [0.3, 0.4) is 0 Å². The van der Waals surface area contributed by atoms with Crippen LogP contribution in [-0.4, -0.2) is 53.7 Å². The third kappa shape index (κ3) is 17.3. The Morgan fingerprint density at radius 2 is 0.870 bits per heavy atom. The largest absolute Gasteiger partial charge is 0.370 e. The SMILES string of the molecule is Cc1cc2nc(n1)SCCCCCCCCCCn1c(C)cc(=O)n(c1=O)CCCCCCCCCCSc1nc(C)cc(n1)NCCCCCCCN2. The summed E-state index contributed by atoms with van der Waals surface area (Å²) >= 11 is 3.53. The molecule has 4 heterocycles. The second kappa shape index (κ2) is 26.1. The molecule has 4 rings (SSSR count). The monoisotopic (exact) mass is 780 g/mol. The van der Waals surface area contributed by atoms with E-state index in [1.54, 1.807) is 29.6 Å². The summed E-state index contributed by atoms with van der Waals surface area (Å²) in [5.74, 6) is 3.96. The number of aryl methyl sites for hydroxylation is 3. The van der Waals surface area contributed by atoms with Crippen LogP contribution in [0.15, 0.2) is 38.1 Å². The Bertz CT molecular complexity index is 1630. The van der Waals surface area contributed by atoms with Crippen molar-refractivity contribution < 1.29 is 0 Å². The van der Waals surface area contributed by atoms with Gasteiger partial charge in [0.15, 0.2) is 10.3 Å². The Morgan fingerprint density at radius 1 is 0.481 bits per heavy atom. The molecular weight excluding hydrogens is 713 g/mol. The number of hydrogen-bond acceptors (Lipinski definition) is 10. The van der Waals surface area contributed by atoms with Gasteiger partial charge < -0.3 is 10.6 Å². The molecule has 0 saturated heterocycles. The molecule has 0 amide bonds. The van der Waals surface area contributed by atoms with E-state index in [1.807, 2.05) is 24.5 Å². The fraction of sp³-hybridized carbons (Fsp3) is 0.714. The van der Waals surface area contributed by atoms with E-state index in [1.165, 1.54) is 94.5 Å². The summed E-state index contributed by atoms with van der Waals surface area (Å²) in [6, 6.07) is 5.74. The van der Waals surface area contributed by atoms with Crippen molar-refractivity contribution in [3.05, 3.63) is 56.1 Å². The van der Waals surface area contributed by atoms with Crippen LogP contribution in [0.2, 0.25) is 0 Å². The van der Waals surface area contributed by atoms with Gasteiger partial charge >= 0.3 is 5.69 Å². The lowest BCUT2D eigenvalue weighted by Crippen LogP contribution is -2.40. The number of aromatic nitrogens is 6. The van der Waals surface area contributed by atoms with Crippen LogP contribution in [0.4, 0.5) is 11.6 Å². The van der Waals surface area contributed by atoms with Crippen LogP contribution < -0.4 is 21.9 Å². The van der Waals surface area contributed by atoms with Gasteiger partial charge in [-0.2, -0.15) is 0 Å². The zero-order chi connectivity index (χ0) is 38.2. The van der Waals surface area contributed by atoms with Crippen LogP contribution in [0.25, 0.3) is 0 Å². The van der Waals surface area contributed by atoms with E-state index in [0.29, 0.717) is 13.1 Å². The maximum atomic E-state index is 13.2. The van der Waals surface area contributed by atoms with Crippen molar-refractivity contribution in [3.8, 4) is 0 Å². The van der Waals surface area contributed by atoms with E-state index >= 15 is 0 Å². The van der Waals surface area contributed by atoms with Gasteiger partial charge in [0.1, 0.15) is 11.6 Å². The minimum Gasteiger partial charge on any atom is -0.370 e. The number of anilines is 2. The second-order valence-electron chi connectivity index (χ2n) is 15.0. The molecule has 6 bridgehead atoms. The third-order valence-corrected chi connectivity index (χ3v) is 12.0. The van der Waals surface area contributed by atoms with Crippen molar-refractivity contribution in [1.82, 2.24) is 29.1 Å². The minimum absolute atomic E-state index is 0.136. The average Bonchev–Trinajstić information content (AvgIpc) is 3.13. The standard InChI is InChI=1S/C42H68N8O2S2/c1-34-31-37-43-25-19-13-12-14-20-26-44-38-32-35(2)46-41(48-38)54-30-24-18-11-7-5-9-16-22-28-50-39(51)33-36(3)49(42(50)52)27-21-15-8-4-6-10-17-23-29-53-40(45-34)47-37/h31-33H,4-30H2,1-3H3,(H,43,45,47)(H,44,46,48). The lowest BCUT2D eigenvalue weighted by molar-refractivity contribution is 0.480. The number of nitrogens with zero attached hydrogens (tertiary/aromatic N) is 6. The summed E-state index contributed by atoms with van der Waals surface area (Å²) in [5.41, 5.74) is 2.51. The van der Waals surface area contributed by atoms with Gasteiger partial charge in [0.2, 0.25) is 0 Å². The molecular formula is C42H68N8O2S2. The van der Waals surface area contributed by atoms with Crippen LogP contribution in [0.1, 0.15) is 152 Å². The molecule has 2 N–H and O–H groups in total. The van der Waals surface area contributed by atoms with Gasteiger partial charge in [0.05, 0.1) is 0 Å². The lowest BCUT2D eigenvalue weighted by Gasteiger charge is -2.13. The molecule has 1 aliphatic heterocycles. The smallest absolute Gasteiger partial charge is 0.331 e. The van der Waals surface area contributed by atoms with E-state index in [2.05, 4.69) is 33.6 Å². The van der Waals surface area contributed by atoms with Crippen molar-refractivity contribution in [2.75, 3.05) is 35.2 Å². The molecule has 54 heavy (non-hydrogen) atoms. The molecule has 0 spiro atoms. The Balaban J connectivity index is 1.23. The van der Waals surface area contributed by atoms with E-state index in [9.17, 15) is 9.59 Å². The molecule has 3 aromatic rings. The molecule has 0 unspecified atom stereocenters. The lowest BCUT2D eigenvalue weighted by atomic mass is 10.1. The maximum absolute atomic E-state index is 13.2. The van der Waals surface area contributed by atoms with E-state index in [-0.39, 0.29) is 11.2 Å². The molecule has 0 aromatic carbocycles. The van der Waals surface area contributed by atoms with Gasteiger partial charge in [0, 0.05) is 73.0 Å². The first kappa shape index (κ1) is 43.9. The average molecular weight is 781 g/mol. The molecule has 3 aromatic heterocycles. The summed E-state index contributed by atoms with van der Waals surface area (Å²) in [7, 11) is 0. The van der Waals surface area contributed by atoms with Crippen LogP contribution in [0.5, 0.6) is 0 Å². The summed E-state index contributed by atoms with van der Waals surface area (Å²) < 4.78 is 3.27. The molecule has 1 aliphatic rings. The van der Waals surface area contributed by atoms with Gasteiger partial charge in [-0.05, 0) is 59.3 Å². The number of rotatable bonds is 0. The zero-order valence-electron chi connectivity index (χ0n) is 33.6. The molecule has 0 radical (unpaired) electrons. The normalized spacial score (nSPS) is 18.4. The van der Waals surface area contributed by atoms with Crippen LogP contribution in [0, 0.1) is 20.8 Å². The second-order valence-corrected chi connectivity index (χ2v) is 17.2. The minimum atomic E-state index is -0.160. The summed E-state index contributed by atoms with van der Waals surface area (Å²) in [5, 5.41) is 8.80. The number of hydrogen-bond donors (Lipinski definition) is 2. The van der Waals surface area contributed by atoms with Crippen LogP contribution >= 0.6 is 23.5 Å². The fourth-order valence-corrected chi connectivity index (χ4v) is 8.81. The summed E-state index contributed by atoms with van der Waals surface area (Å²) in [4.78, 5) is 44.8. The summed E-state index contributed by atoms with van der Waals surface area (Å²) in [6.45, 7) is 9.06. The third-order valence-electron chi connectivity index (χ3n) is 10.1. The molecule has 12 heteroatoms. The summed E-state index contributed by atoms with van der Waals surface area (Å²) in [6.07, 6.45) is 24.5. The fourth-order valence-electron chi connectivity index (χ4n) is 7.00. The first-order valence-electron chi connectivity index (χ1n) is 21.1. The Labute approximate surface area is 333 Å². The van der Waals surface area contributed by atoms with Crippen molar-refractivity contribution in [2.45, 2.75) is 179 Å². The number of nitrogens with one attached hydrogen (secondary N) is 2. The van der Waals surface area contributed by atoms with Crippen LogP contribution in [-0.2, 0) is 13.1 Å². The van der Waals surface area contributed by atoms with E-state index < -0.39 is 0 Å². The first-order chi connectivity index (χ1) is 26.4. The highest BCUT2D eigenvalue weighted by atomic mass is 32.2. The van der Waals surface area contributed by atoms with Gasteiger partial charge in [-0.15, -0.1) is 0 Å². The zero-order valence-corrected chi connectivity index (χ0v) is 35.3. The highest BCUT2D eigenvalue weighted by Crippen LogP contribution is 2.21. The van der Waals surface area contributed by atoms with Gasteiger partial charge in [-0.1, -0.05) is 120 Å². The number of thioether (sulfide) groups is 2. The Hall–Kier alpha value is -2.86. The predicted octanol–water partition coefficient (Wildman–Crippen LogP) is 10.1. The van der Waals surface area contributed by atoms with Crippen molar-refractivity contribution in [1.29, 1.82) is 0 Å². The molecule has 0 aliphatic carbocycles. The molecule has 0 atom stereocenters. The quantitative estimate of drug-likeness (QED) is 0.213. The van der Waals surface area contributed by atoms with Gasteiger partial charge in [-0.3, -0.25) is 13.9 Å².